The minimum Gasteiger partial charge on any atom is -0.496 e. The molecule has 0 spiro atoms. The van der Waals surface area contributed by atoms with Crippen LogP contribution in [0.15, 0.2) is 12.1 Å². The average Bonchev–Trinajstić information content (AvgIpc) is 2.15. The third kappa shape index (κ3) is 2.91. The van der Waals surface area contributed by atoms with Gasteiger partial charge < -0.3 is 10.5 Å². The second-order valence-electron chi connectivity index (χ2n) is 4.02. The molecule has 0 saturated carbocycles. The molecule has 96 valence electrons. The minimum atomic E-state index is -4.32. The van der Waals surface area contributed by atoms with Crippen molar-refractivity contribution in [2.45, 2.75) is 25.9 Å². The fourth-order valence-corrected chi connectivity index (χ4v) is 1.97. The van der Waals surface area contributed by atoms with Crippen LogP contribution in [0.1, 0.15) is 22.6 Å². The number of aryl methyl sites for hydroxylation is 2. The molecule has 0 saturated heterocycles. The van der Waals surface area contributed by atoms with E-state index in [1.165, 1.54) is 19.2 Å². The van der Waals surface area contributed by atoms with Gasteiger partial charge in [-0.15, -0.1) is 0 Å². The fraction of sp³-hybridized carbons (Fsp3) is 0.500. The van der Waals surface area contributed by atoms with Gasteiger partial charge in [0.05, 0.1) is 13.0 Å². The number of halogens is 3. The van der Waals surface area contributed by atoms with Gasteiger partial charge in [0.1, 0.15) is 5.75 Å². The Balaban J connectivity index is 3.24. The molecule has 17 heavy (non-hydrogen) atoms. The van der Waals surface area contributed by atoms with Crippen LogP contribution >= 0.6 is 0 Å². The van der Waals surface area contributed by atoms with E-state index in [-0.39, 0.29) is 5.56 Å². The Kier molecular flexibility index (Phi) is 4.03. The lowest BCUT2D eigenvalue weighted by molar-refractivity contribution is -0.148. The molecule has 2 nitrogen and oxygen atoms in total. The highest BCUT2D eigenvalue weighted by molar-refractivity contribution is 5.44. The van der Waals surface area contributed by atoms with Crippen LogP contribution < -0.4 is 10.5 Å². The van der Waals surface area contributed by atoms with Crippen LogP contribution in [0, 0.1) is 13.8 Å². The van der Waals surface area contributed by atoms with Crippen molar-refractivity contribution in [1.82, 2.24) is 0 Å². The maximum Gasteiger partial charge on any atom is 0.396 e. The summed E-state index contributed by atoms with van der Waals surface area (Å²) in [6, 6.07) is 2.97. The SMILES string of the molecule is COc1c(C)cc(C(CN)C(F)(F)F)cc1C. The molecule has 1 unspecified atom stereocenters. The molecule has 0 heterocycles. The Hall–Kier alpha value is -1.23. The van der Waals surface area contributed by atoms with E-state index < -0.39 is 18.6 Å². The van der Waals surface area contributed by atoms with Crippen molar-refractivity contribution in [1.29, 1.82) is 0 Å². The van der Waals surface area contributed by atoms with Crippen LogP contribution in [0.25, 0.3) is 0 Å². The number of benzene rings is 1. The van der Waals surface area contributed by atoms with Crippen LogP contribution in [-0.2, 0) is 0 Å². The zero-order valence-corrected chi connectivity index (χ0v) is 10.1. The van der Waals surface area contributed by atoms with Crippen LogP contribution in [0.2, 0.25) is 0 Å². The maximum atomic E-state index is 12.7. The van der Waals surface area contributed by atoms with Crippen molar-refractivity contribution in [2.24, 2.45) is 5.73 Å². The molecule has 0 aliphatic carbocycles. The first-order chi connectivity index (χ1) is 7.81. The molecule has 0 fully saturated rings. The standard InChI is InChI=1S/C12H16F3NO/c1-7-4-9(5-8(2)11(7)17-3)10(6-16)12(13,14)15/h4-5,10H,6,16H2,1-3H3. The van der Waals surface area contributed by atoms with E-state index >= 15 is 0 Å². The number of nitrogens with two attached hydrogens (primary N) is 1. The molecular weight excluding hydrogens is 231 g/mol. The third-order valence-electron chi connectivity index (χ3n) is 2.72. The van der Waals surface area contributed by atoms with Crippen molar-refractivity contribution in [3.05, 3.63) is 28.8 Å². The zero-order valence-electron chi connectivity index (χ0n) is 10.1. The molecule has 0 bridgehead atoms. The molecule has 1 aromatic carbocycles. The minimum absolute atomic E-state index is 0.191. The molecular formula is C12H16F3NO. The van der Waals surface area contributed by atoms with E-state index in [1.807, 2.05) is 0 Å². The Morgan fingerprint density at radius 3 is 2.00 bits per heavy atom. The first-order valence-corrected chi connectivity index (χ1v) is 5.23. The quantitative estimate of drug-likeness (QED) is 0.891. The Bertz CT molecular complexity index is 378. The maximum absolute atomic E-state index is 12.7. The van der Waals surface area contributed by atoms with Gasteiger partial charge >= 0.3 is 6.18 Å². The Morgan fingerprint density at radius 2 is 1.71 bits per heavy atom. The van der Waals surface area contributed by atoms with Crippen LogP contribution in [-0.4, -0.2) is 19.8 Å². The summed E-state index contributed by atoms with van der Waals surface area (Å²) < 4.78 is 43.3. The lowest BCUT2D eigenvalue weighted by Gasteiger charge is -2.21. The number of ether oxygens (including phenoxy) is 1. The van der Waals surface area contributed by atoms with Gasteiger partial charge in [-0.2, -0.15) is 13.2 Å². The van der Waals surface area contributed by atoms with E-state index in [9.17, 15) is 13.2 Å². The van der Waals surface area contributed by atoms with Crippen LogP contribution in [0.5, 0.6) is 5.75 Å². The van der Waals surface area contributed by atoms with E-state index in [2.05, 4.69) is 0 Å². The van der Waals surface area contributed by atoms with Gasteiger partial charge in [0.25, 0.3) is 0 Å². The summed E-state index contributed by atoms with van der Waals surface area (Å²) in [4.78, 5) is 0. The molecule has 0 aliphatic heterocycles. The van der Waals surface area contributed by atoms with Crippen LogP contribution in [0.3, 0.4) is 0 Å². The van der Waals surface area contributed by atoms with Gasteiger partial charge in [-0.3, -0.25) is 0 Å². The number of hydrogen-bond donors (Lipinski definition) is 1. The second kappa shape index (κ2) is 4.96. The van der Waals surface area contributed by atoms with Crippen molar-refractivity contribution in [3.63, 3.8) is 0 Å². The zero-order chi connectivity index (χ0) is 13.2. The Labute approximate surface area is 98.6 Å². The number of methoxy groups -OCH3 is 1. The highest BCUT2D eigenvalue weighted by atomic mass is 19.4. The van der Waals surface area contributed by atoms with E-state index in [0.29, 0.717) is 16.9 Å². The molecule has 1 rings (SSSR count). The van der Waals surface area contributed by atoms with Crippen molar-refractivity contribution >= 4 is 0 Å². The third-order valence-corrected chi connectivity index (χ3v) is 2.72. The number of alkyl halides is 3. The van der Waals surface area contributed by atoms with Gasteiger partial charge in [-0.05, 0) is 30.5 Å². The van der Waals surface area contributed by atoms with E-state index in [4.69, 9.17) is 10.5 Å². The smallest absolute Gasteiger partial charge is 0.396 e. The predicted octanol–water partition coefficient (Wildman–Crippen LogP) is 2.92. The topological polar surface area (TPSA) is 35.2 Å². The molecule has 0 radical (unpaired) electrons. The summed E-state index contributed by atoms with van der Waals surface area (Å²) in [5.41, 5.74) is 6.77. The molecule has 0 amide bonds. The summed E-state index contributed by atoms with van der Waals surface area (Å²) in [6.07, 6.45) is -4.32. The highest BCUT2D eigenvalue weighted by Crippen LogP contribution is 2.36. The average molecular weight is 247 g/mol. The summed E-state index contributed by atoms with van der Waals surface area (Å²) >= 11 is 0. The van der Waals surface area contributed by atoms with Gasteiger partial charge in [-0.25, -0.2) is 0 Å². The van der Waals surface area contributed by atoms with Gasteiger partial charge in [0.2, 0.25) is 0 Å². The van der Waals surface area contributed by atoms with Crippen molar-refractivity contribution in [3.8, 4) is 5.75 Å². The first kappa shape index (κ1) is 13.8. The highest BCUT2D eigenvalue weighted by Gasteiger charge is 2.39. The van der Waals surface area contributed by atoms with Gasteiger partial charge in [0.15, 0.2) is 0 Å². The molecule has 2 N–H and O–H groups in total. The number of hydrogen-bond acceptors (Lipinski definition) is 2. The molecule has 0 aliphatic rings. The lowest BCUT2D eigenvalue weighted by Crippen LogP contribution is -2.28. The monoisotopic (exact) mass is 247 g/mol. The van der Waals surface area contributed by atoms with Gasteiger partial charge in [0, 0.05) is 6.54 Å². The summed E-state index contributed by atoms with van der Waals surface area (Å²) in [7, 11) is 1.50. The Morgan fingerprint density at radius 1 is 1.24 bits per heavy atom. The molecule has 5 heteroatoms. The fourth-order valence-electron chi connectivity index (χ4n) is 1.97. The first-order valence-electron chi connectivity index (χ1n) is 5.23. The molecule has 1 aromatic rings. The van der Waals surface area contributed by atoms with Crippen molar-refractivity contribution in [2.75, 3.05) is 13.7 Å². The lowest BCUT2D eigenvalue weighted by atomic mass is 9.94. The van der Waals surface area contributed by atoms with E-state index in [1.54, 1.807) is 13.8 Å². The molecule has 0 aromatic heterocycles. The second-order valence-corrected chi connectivity index (χ2v) is 4.02. The molecule has 1 atom stereocenters. The summed E-state index contributed by atoms with van der Waals surface area (Å²) in [5, 5.41) is 0. The van der Waals surface area contributed by atoms with Crippen molar-refractivity contribution < 1.29 is 17.9 Å². The predicted molar refractivity (Wildman–Crippen MR) is 60.3 cm³/mol. The van der Waals surface area contributed by atoms with E-state index in [0.717, 1.165) is 0 Å². The van der Waals surface area contributed by atoms with Crippen LogP contribution in [0.4, 0.5) is 13.2 Å². The van der Waals surface area contributed by atoms with Gasteiger partial charge in [-0.1, -0.05) is 12.1 Å². The largest absolute Gasteiger partial charge is 0.496 e. The normalized spacial score (nSPS) is 13.6. The number of rotatable bonds is 3. The summed E-state index contributed by atoms with van der Waals surface area (Å²) in [6.45, 7) is 2.99. The summed E-state index contributed by atoms with van der Waals surface area (Å²) in [5.74, 6) is -1.00.